The molecule has 152 valence electrons. The molecule has 1 aromatic carbocycles. The minimum Gasteiger partial charge on any atom is -0.353 e. The van der Waals surface area contributed by atoms with Crippen LogP contribution in [0.3, 0.4) is 0 Å². The van der Waals surface area contributed by atoms with Crippen LogP contribution in [0.4, 0.5) is 17.5 Å². The van der Waals surface area contributed by atoms with Crippen LogP contribution >= 0.6 is 0 Å². The molecule has 4 aromatic rings. The van der Waals surface area contributed by atoms with Gasteiger partial charge in [0.1, 0.15) is 12.1 Å². The average Bonchev–Trinajstić information content (AvgIpc) is 3.50. The van der Waals surface area contributed by atoms with Crippen LogP contribution < -0.4 is 14.7 Å². The summed E-state index contributed by atoms with van der Waals surface area (Å²) in [5, 5.41) is 8.88. The van der Waals surface area contributed by atoms with Crippen molar-refractivity contribution in [2.45, 2.75) is 12.8 Å². The number of hydrogen-bond acceptors (Lipinski definition) is 10. The lowest BCUT2D eigenvalue weighted by Crippen LogP contribution is -2.47. The summed E-state index contributed by atoms with van der Waals surface area (Å²) in [5.41, 5.74) is 1.89. The number of aromatic nitrogens is 6. The quantitative estimate of drug-likeness (QED) is 0.504. The first-order valence-electron chi connectivity index (χ1n) is 10.3. The van der Waals surface area contributed by atoms with Gasteiger partial charge in [-0.25, -0.2) is 24.6 Å². The number of benzene rings is 1. The molecule has 2 saturated heterocycles. The molecule has 10 nitrogen and oxygen atoms in total. The molecule has 0 N–H and O–H groups in total. The third kappa shape index (κ3) is 2.87. The van der Waals surface area contributed by atoms with Crippen molar-refractivity contribution in [3.63, 3.8) is 0 Å². The molecule has 10 heteroatoms. The summed E-state index contributed by atoms with van der Waals surface area (Å²) in [7, 11) is 0. The van der Waals surface area contributed by atoms with E-state index in [1.54, 1.807) is 6.33 Å². The molecule has 0 unspecified atom stereocenters. The van der Waals surface area contributed by atoms with Gasteiger partial charge in [0.2, 0.25) is 11.3 Å². The van der Waals surface area contributed by atoms with E-state index < -0.39 is 0 Å². The Labute approximate surface area is 172 Å². The van der Waals surface area contributed by atoms with Crippen molar-refractivity contribution in [3.8, 4) is 0 Å². The Balaban J connectivity index is 1.30. The minimum atomic E-state index is 0.456. The number of anilines is 3. The summed E-state index contributed by atoms with van der Waals surface area (Å²) in [6.07, 6.45) is 3.99. The van der Waals surface area contributed by atoms with E-state index in [0.29, 0.717) is 11.3 Å². The fourth-order valence-electron chi connectivity index (χ4n) is 4.35. The molecule has 0 amide bonds. The van der Waals surface area contributed by atoms with E-state index in [0.717, 1.165) is 67.6 Å². The summed E-state index contributed by atoms with van der Waals surface area (Å²) in [4.78, 5) is 25.3. The fraction of sp³-hybridized carbons (Fsp3) is 0.400. The SMILES string of the molecule is c1ccc2c(N3CCN(c4nc5nonc5nc4N4CCCC4)CC3)ncnc2c1. The fourth-order valence-corrected chi connectivity index (χ4v) is 4.35. The summed E-state index contributed by atoms with van der Waals surface area (Å²) in [6, 6.07) is 8.14. The Kier molecular flexibility index (Phi) is 4.07. The van der Waals surface area contributed by atoms with Crippen LogP contribution in [0.1, 0.15) is 12.8 Å². The normalized spacial score (nSPS) is 17.4. The number of piperazine rings is 1. The van der Waals surface area contributed by atoms with Crippen LogP contribution in [-0.2, 0) is 0 Å². The van der Waals surface area contributed by atoms with Crippen molar-refractivity contribution in [2.75, 3.05) is 54.0 Å². The smallest absolute Gasteiger partial charge is 0.245 e. The highest BCUT2D eigenvalue weighted by molar-refractivity contribution is 5.89. The van der Waals surface area contributed by atoms with Crippen molar-refractivity contribution in [2.24, 2.45) is 0 Å². The molecule has 0 spiro atoms. The maximum atomic E-state index is 4.86. The molecular formula is C20H21N9O. The van der Waals surface area contributed by atoms with Crippen molar-refractivity contribution >= 4 is 39.7 Å². The first-order valence-corrected chi connectivity index (χ1v) is 10.3. The van der Waals surface area contributed by atoms with Gasteiger partial charge in [0.15, 0.2) is 11.6 Å². The highest BCUT2D eigenvalue weighted by Crippen LogP contribution is 2.31. The van der Waals surface area contributed by atoms with E-state index in [4.69, 9.17) is 14.6 Å². The lowest BCUT2D eigenvalue weighted by Gasteiger charge is -2.37. The lowest BCUT2D eigenvalue weighted by molar-refractivity contribution is 0.314. The number of para-hydroxylation sites is 1. The third-order valence-corrected chi connectivity index (χ3v) is 5.88. The van der Waals surface area contributed by atoms with Crippen LogP contribution in [0.25, 0.3) is 22.2 Å². The number of fused-ring (bicyclic) bond motifs is 2. The Hall–Kier alpha value is -3.56. The van der Waals surface area contributed by atoms with E-state index in [1.165, 1.54) is 12.8 Å². The van der Waals surface area contributed by atoms with Crippen molar-refractivity contribution < 1.29 is 4.63 Å². The molecule has 3 aromatic heterocycles. The molecule has 0 aliphatic carbocycles. The van der Waals surface area contributed by atoms with Gasteiger partial charge in [0.25, 0.3) is 0 Å². The molecule has 2 aliphatic heterocycles. The summed E-state index contributed by atoms with van der Waals surface area (Å²) in [6.45, 7) is 5.32. The second-order valence-corrected chi connectivity index (χ2v) is 7.66. The largest absolute Gasteiger partial charge is 0.353 e. The first-order chi connectivity index (χ1) is 14.9. The molecule has 0 bridgehead atoms. The number of rotatable bonds is 3. The molecule has 6 rings (SSSR count). The van der Waals surface area contributed by atoms with Gasteiger partial charge in [-0.2, -0.15) is 0 Å². The van der Waals surface area contributed by atoms with Crippen LogP contribution in [0.2, 0.25) is 0 Å². The van der Waals surface area contributed by atoms with Crippen molar-refractivity contribution in [1.29, 1.82) is 0 Å². The van der Waals surface area contributed by atoms with Crippen molar-refractivity contribution in [1.82, 2.24) is 30.2 Å². The first kappa shape index (κ1) is 17.3. The standard InChI is InChI=1S/C20H21N9O/c1-2-6-15-14(5-1)18(22-13-21-15)28-9-11-29(12-10-28)20-19(27-7-3-4-8-27)23-16-17(24-20)26-30-25-16/h1-2,5-6,13H,3-4,7-12H2. The van der Waals surface area contributed by atoms with Crippen LogP contribution in [0, 0.1) is 0 Å². The Morgan fingerprint density at radius 1 is 0.667 bits per heavy atom. The molecule has 0 saturated carbocycles. The predicted molar refractivity (Wildman–Crippen MR) is 113 cm³/mol. The van der Waals surface area contributed by atoms with Crippen LogP contribution in [0.5, 0.6) is 0 Å². The van der Waals surface area contributed by atoms with Crippen LogP contribution in [-0.4, -0.2) is 69.5 Å². The van der Waals surface area contributed by atoms with E-state index in [1.807, 2.05) is 18.2 Å². The van der Waals surface area contributed by atoms with Gasteiger partial charge in [-0.05, 0) is 35.3 Å². The zero-order valence-electron chi connectivity index (χ0n) is 16.5. The number of hydrogen-bond donors (Lipinski definition) is 0. The summed E-state index contributed by atoms with van der Waals surface area (Å²) >= 11 is 0. The Morgan fingerprint density at radius 2 is 1.27 bits per heavy atom. The predicted octanol–water partition coefficient (Wildman–Crippen LogP) is 1.88. The molecule has 0 atom stereocenters. The second kappa shape index (κ2) is 7.05. The zero-order valence-corrected chi connectivity index (χ0v) is 16.5. The van der Waals surface area contributed by atoms with Gasteiger partial charge in [0, 0.05) is 44.7 Å². The highest BCUT2D eigenvalue weighted by Gasteiger charge is 2.27. The third-order valence-electron chi connectivity index (χ3n) is 5.88. The van der Waals surface area contributed by atoms with E-state index in [-0.39, 0.29) is 0 Å². The van der Waals surface area contributed by atoms with Crippen LogP contribution in [0.15, 0.2) is 35.2 Å². The topological polar surface area (TPSA) is 100 Å². The Bertz CT molecular complexity index is 1190. The minimum absolute atomic E-state index is 0.456. The van der Waals surface area contributed by atoms with E-state index in [9.17, 15) is 0 Å². The Morgan fingerprint density at radius 3 is 1.97 bits per heavy atom. The highest BCUT2D eigenvalue weighted by atomic mass is 16.6. The average molecular weight is 403 g/mol. The maximum absolute atomic E-state index is 4.86. The summed E-state index contributed by atoms with van der Waals surface area (Å²) in [5.74, 6) is 2.74. The maximum Gasteiger partial charge on any atom is 0.245 e. The molecule has 2 aliphatic rings. The number of nitrogens with zero attached hydrogens (tertiary/aromatic N) is 9. The zero-order chi connectivity index (χ0) is 19.9. The van der Waals surface area contributed by atoms with E-state index >= 15 is 0 Å². The van der Waals surface area contributed by atoms with Gasteiger partial charge in [0.05, 0.1) is 5.52 Å². The molecular weight excluding hydrogens is 382 g/mol. The van der Waals surface area contributed by atoms with Crippen molar-refractivity contribution in [3.05, 3.63) is 30.6 Å². The summed E-state index contributed by atoms with van der Waals surface area (Å²) < 4.78 is 4.86. The molecule has 30 heavy (non-hydrogen) atoms. The lowest BCUT2D eigenvalue weighted by atomic mass is 10.2. The second-order valence-electron chi connectivity index (χ2n) is 7.66. The van der Waals surface area contributed by atoms with Gasteiger partial charge in [-0.3, -0.25) is 0 Å². The van der Waals surface area contributed by atoms with Gasteiger partial charge in [-0.1, -0.05) is 12.1 Å². The van der Waals surface area contributed by atoms with E-state index in [2.05, 4.69) is 41.0 Å². The molecule has 2 fully saturated rings. The molecule has 0 radical (unpaired) electrons. The van der Waals surface area contributed by atoms with Gasteiger partial charge in [-0.15, -0.1) is 0 Å². The monoisotopic (exact) mass is 403 g/mol. The van der Waals surface area contributed by atoms with Gasteiger partial charge >= 0.3 is 0 Å². The molecule has 5 heterocycles. The van der Waals surface area contributed by atoms with Gasteiger partial charge < -0.3 is 14.7 Å².